The molecule has 2 rings (SSSR count). The van der Waals surface area contributed by atoms with Gasteiger partial charge in [0.2, 0.25) is 0 Å². The first-order valence-corrected chi connectivity index (χ1v) is 7.30. The molecule has 1 amide bonds. The average molecular weight is 355 g/mol. The first-order chi connectivity index (χ1) is 9.52. The highest BCUT2D eigenvalue weighted by Gasteiger charge is 2.20. The number of anilines is 1. The summed E-state index contributed by atoms with van der Waals surface area (Å²) in [5.41, 5.74) is 1.22. The lowest BCUT2D eigenvalue weighted by Crippen LogP contribution is -2.18. The molecule has 0 unspecified atom stereocenters. The van der Waals surface area contributed by atoms with Crippen LogP contribution in [-0.2, 0) is 4.74 Å². The molecule has 2 aromatic rings. The zero-order valence-corrected chi connectivity index (χ0v) is 13.2. The number of carbonyl (C=O) groups excluding carboxylic acids is 2. The molecule has 0 bridgehead atoms. The Morgan fingerprint density at radius 1 is 1.40 bits per heavy atom. The van der Waals surface area contributed by atoms with Crippen molar-refractivity contribution in [3.63, 3.8) is 0 Å². The standard InChI is InChI=1S/C13H11BrN2O3S/c1-7-4-3-5-8(10(7)12(18)19-2)11(17)16-13-15-9(14)6-20-13/h3-6H,1-2H3,(H,15,16,17). The van der Waals surface area contributed by atoms with Gasteiger partial charge in [-0.1, -0.05) is 12.1 Å². The quantitative estimate of drug-likeness (QED) is 0.859. The van der Waals surface area contributed by atoms with Crippen LogP contribution in [0, 0.1) is 6.92 Å². The first-order valence-electron chi connectivity index (χ1n) is 5.63. The Balaban J connectivity index is 2.34. The second-order valence-electron chi connectivity index (χ2n) is 3.92. The van der Waals surface area contributed by atoms with Gasteiger partial charge in [0, 0.05) is 5.38 Å². The fraction of sp³-hybridized carbons (Fsp3) is 0.154. The molecule has 0 atom stereocenters. The molecule has 20 heavy (non-hydrogen) atoms. The van der Waals surface area contributed by atoms with E-state index in [1.807, 2.05) is 0 Å². The zero-order chi connectivity index (χ0) is 14.7. The number of nitrogens with one attached hydrogen (secondary N) is 1. The summed E-state index contributed by atoms with van der Waals surface area (Å²) in [6, 6.07) is 5.05. The number of halogens is 1. The van der Waals surface area contributed by atoms with Gasteiger partial charge in [-0.2, -0.15) is 0 Å². The topological polar surface area (TPSA) is 68.3 Å². The van der Waals surface area contributed by atoms with Gasteiger partial charge in [0.05, 0.1) is 18.2 Å². The van der Waals surface area contributed by atoms with Crippen LogP contribution in [0.4, 0.5) is 5.13 Å². The largest absolute Gasteiger partial charge is 0.465 e. The first kappa shape index (κ1) is 14.7. The molecule has 1 N–H and O–H groups in total. The monoisotopic (exact) mass is 354 g/mol. The van der Waals surface area contributed by atoms with Crippen molar-refractivity contribution in [3.05, 3.63) is 44.9 Å². The third kappa shape index (κ3) is 3.05. The van der Waals surface area contributed by atoms with Crippen molar-refractivity contribution < 1.29 is 14.3 Å². The van der Waals surface area contributed by atoms with Gasteiger partial charge in [-0.05, 0) is 34.5 Å². The lowest BCUT2D eigenvalue weighted by atomic mass is 10.0. The summed E-state index contributed by atoms with van der Waals surface area (Å²) in [4.78, 5) is 28.1. The molecule has 0 aliphatic heterocycles. The zero-order valence-electron chi connectivity index (χ0n) is 10.8. The fourth-order valence-corrected chi connectivity index (χ4v) is 2.85. The maximum Gasteiger partial charge on any atom is 0.338 e. The van der Waals surface area contributed by atoms with E-state index in [-0.39, 0.29) is 11.1 Å². The van der Waals surface area contributed by atoms with Crippen LogP contribution in [0.15, 0.2) is 28.2 Å². The van der Waals surface area contributed by atoms with Crippen LogP contribution in [-0.4, -0.2) is 24.0 Å². The summed E-state index contributed by atoms with van der Waals surface area (Å²) < 4.78 is 5.37. The number of methoxy groups -OCH3 is 1. The minimum atomic E-state index is -0.534. The van der Waals surface area contributed by atoms with E-state index >= 15 is 0 Å². The second-order valence-corrected chi connectivity index (χ2v) is 5.59. The number of thiazole rings is 1. The van der Waals surface area contributed by atoms with Crippen LogP contribution < -0.4 is 5.32 Å². The van der Waals surface area contributed by atoms with Crippen LogP contribution in [0.1, 0.15) is 26.3 Å². The number of rotatable bonds is 3. The van der Waals surface area contributed by atoms with E-state index in [0.29, 0.717) is 15.3 Å². The Hall–Kier alpha value is -1.73. The molecular formula is C13H11BrN2O3S. The van der Waals surface area contributed by atoms with Gasteiger partial charge in [0.15, 0.2) is 5.13 Å². The number of benzene rings is 1. The SMILES string of the molecule is COC(=O)c1c(C)cccc1C(=O)Nc1nc(Br)cs1. The molecule has 0 spiro atoms. The molecule has 0 fully saturated rings. The average Bonchev–Trinajstić information content (AvgIpc) is 2.83. The van der Waals surface area contributed by atoms with Gasteiger partial charge < -0.3 is 4.74 Å². The molecule has 1 aromatic heterocycles. The summed E-state index contributed by atoms with van der Waals surface area (Å²) in [5, 5.41) is 4.87. The number of aromatic nitrogens is 1. The van der Waals surface area contributed by atoms with Gasteiger partial charge in [-0.15, -0.1) is 11.3 Å². The number of hydrogen-bond acceptors (Lipinski definition) is 5. The van der Waals surface area contributed by atoms with Crippen molar-refractivity contribution in [2.75, 3.05) is 12.4 Å². The molecule has 0 radical (unpaired) electrons. The van der Waals surface area contributed by atoms with Crippen molar-refractivity contribution in [1.82, 2.24) is 4.98 Å². The third-order valence-electron chi connectivity index (χ3n) is 2.60. The molecule has 0 saturated carbocycles. The van der Waals surface area contributed by atoms with E-state index in [0.717, 1.165) is 0 Å². The number of carbonyl (C=O) groups is 2. The Morgan fingerprint density at radius 3 is 2.75 bits per heavy atom. The molecule has 1 aromatic carbocycles. The highest BCUT2D eigenvalue weighted by molar-refractivity contribution is 9.10. The smallest absolute Gasteiger partial charge is 0.338 e. The Bertz CT molecular complexity index is 669. The molecule has 0 aliphatic rings. The van der Waals surface area contributed by atoms with Crippen molar-refractivity contribution in [3.8, 4) is 0 Å². The number of esters is 1. The van der Waals surface area contributed by atoms with Gasteiger partial charge in [-0.3, -0.25) is 10.1 Å². The molecule has 7 heteroatoms. The number of hydrogen-bond donors (Lipinski definition) is 1. The second kappa shape index (κ2) is 6.15. The van der Waals surface area contributed by atoms with Crippen molar-refractivity contribution >= 4 is 44.3 Å². The van der Waals surface area contributed by atoms with E-state index in [2.05, 4.69) is 26.2 Å². The Kier molecular flexibility index (Phi) is 4.51. The van der Waals surface area contributed by atoms with E-state index in [4.69, 9.17) is 4.74 Å². The molecular weight excluding hydrogens is 344 g/mol. The normalized spacial score (nSPS) is 10.2. The van der Waals surface area contributed by atoms with Gasteiger partial charge >= 0.3 is 5.97 Å². The number of nitrogens with zero attached hydrogens (tertiary/aromatic N) is 1. The van der Waals surface area contributed by atoms with Crippen LogP contribution in [0.3, 0.4) is 0 Å². The van der Waals surface area contributed by atoms with E-state index in [1.165, 1.54) is 18.4 Å². The number of amides is 1. The summed E-state index contributed by atoms with van der Waals surface area (Å²) in [6.45, 7) is 1.75. The summed E-state index contributed by atoms with van der Waals surface area (Å²) >= 11 is 4.50. The maximum absolute atomic E-state index is 12.2. The molecule has 104 valence electrons. The predicted octanol–water partition coefficient (Wildman–Crippen LogP) is 3.25. The van der Waals surface area contributed by atoms with Gasteiger partial charge in [-0.25, -0.2) is 9.78 Å². The van der Waals surface area contributed by atoms with Crippen LogP contribution in [0.25, 0.3) is 0 Å². The van der Waals surface area contributed by atoms with Crippen molar-refractivity contribution in [2.24, 2.45) is 0 Å². The number of aryl methyl sites for hydroxylation is 1. The molecule has 5 nitrogen and oxygen atoms in total. The third-order valence-corrected chi connectivity index (χ3v) is 4.07. The highest BCUT2D eigenvalue weighted by atomic mass is 79.9. The summed E-state index contributed by atoms with van der Waals surface area (Å²) in [5.74, 6) is -0.926. The van der Waals surface area contributed by atoms with E-state index in [9.17, 15) is 9.59 Å². The lowest BCUT2D eigenvalue weighted by molar-refractivity contribution is 0.0596. The van der Waals surface area contributed by atoms with E-state index < -0.39 is 11.9 Å². The van der Waals surface area contributed by atoms with Crippen LogP contribution >= 0.6 is 27.3 Å². The predicted molar refractivity (Wildman–Crippen MR) is 80.3 cm³/mol. The molecule has 1 heterocycles. The number of ether oxygens (including phenoxy) is 1. The fourth-order valence-electron chi connectivity index (χ4n) is 1.71. The maximum atomic E-state index is 12.2. The van der Waals surface area contributed by atoms with E-state index in [1.54, 1.807) is 30.5 Å². The highest BCUT2D eigenvalue weighted by Crippen LogP contribution is 2.22. The van der Waals surface area contributed by atoms with Crippen molar-refractivity contribution in [2.45, 2.75) is 6.92 Å². The van der Waals surface area contributed by atoms with Gasteiger partial charge in [0.1, 0.15) is 4.60 Å². The molecule has 0 aliphatic carbocycles. The van der Waals surface area contributed by atoms with Crippen molar-refractivity contribution in [1.29, 1.82) is 0 Å². The van der Waals surface area contributed by atoms with Gasteiger partial charge in [0.25, 0.3) is 5.91 Å². The minimum absolute atomic E-state index is 0.267. The Morgan fingerprint density at radius 2 is 2.15 bits per heavy atom. The summed E-state index contributed by atoms with van der Waals surface area (Å²) in [7, 11) is 1.29. The van der Waals surface area contributed by atoms with Crippen LogP contribution in [0.2, 0.25) is 0 Å². The Labute approximate surface area is 128 Å². The minimum Gasteiger partial charge on any atom is -0.465 e. The molecule has 0 saturated heterocycles. The summed E-state index contributed by atoms with van der Waals surface area (Å²) in [6.07, 6.45) is 0. The lowest BCUT2D eigenvalue weighted by Gasteiger charge is -2.09. The van der Waals surface area contributed by atoms with Crippen LogP contribution in [0.5, 0.6) is 0 Å².